The van der Waals surface area contributed by atoms with Gasteiger partial charge in [-0.25, -0.2) is 0 Å². The van der Waals surface area contributed by atoms with Crippen molar-refractivity contribution in [1.29, 1.82) is 0 Å². The summed E-state index contributed by atoms with van der Waals surface area (Å²) >= 11 is 6.05. The van der Waals surface area contributed by atoms with E-state index in [1.165, 1.54) is 0 Å². The van der Waals surface area contributed by atoms with E-state index < -0.39 is 0 Å². The first-order chi connectivity index (χ1) is 16.1. The van der Waals surface area contributed by atoms with Gasteiger partial charge in [0.15, 0.2) is 5.76 Å². The van der Waals surface area contributed by atoms with E-state index in [-0.39, 0.29) is 5.78 Å². The fourth-order valence-corrected chi connectivity index (χ4v) is 4.12. The quantitative estimate of drug-likeness (QED) is 0.294. The molecular formula is C29H21ClO3. The van der Waals surface area contributed by atoms with Gasteiger partial charge in [0.1, 0.15) is 18.1 Å². The number of allylic oxidation sites excluding steroid dienone is 1. The van der Waals surface area contributed by atoms with Crippen LogP contribution in [-0.4, -0.2) is 5.78 Å². The maximum atomic E-state index is 13.0. The third-order valence-corrected chi connectivity index (χ3v) is 5.79. The number of hydrogen-bond acceptors (Lipinski definition) is 3. The monoisotopic (exact) mass is 452 g/mol. The lowest BCUT2D eigenvalue weighted by atomic mass is 10.0. The first kappa shape index (κ1) is 21.0. The topological polar surface area (TPSA) is 35.5 Å². The highest BCUT2D eigenvalue weighted by Gasteiger charge is 2.30. The second kappa shape index (κ2) is 8.97. The Bertz CT molecular complexity index is 1360. The van der Waals surface area contributed by atoms with Crippen molar-refractivity contribution in [3.8, 4) is 22.6 Å². The van der Waals surface area contributed by atoms with Gasteiger partial charge in [0, 0.05) is 11.1 Å². The molecule has 0 aromatic heterocycles. The Hall–Kier alpha value is -3.82. The summed E-state index contributed by atoms with van der Waals surface area (Å²) in [7, 11) is 0. The van der Waals surface area contributed by atoms with Crippen molar-refractivity contribution in [2.75, 3.05) is 0 Å². The van der Waals surface area contributed by atoms with Crippen LogP contribution in [-0.2, 0) is 6.61 Å². The molecule has 4 aromatic rings. The fourth-order valence-electron chi connectivity index (χ4n) is 3.91. The maximum Gasteiger partial charge on any atom is 0.232 e. The van der Waals surface area contributed by atoms with Crippen molar-refractivity contribution in [1.82, 2.24) is 0 Å². The molecule has 0 atom stereocenters. The molecule has 33 heavy (non-hydrogen) atoms. The van der Waals surface area contributed by atoms with Gasteiger partial charge in [0.25, 0.3) is 0 Å². The number of ether oxygens (including phenoxy) is 2. The van der Waals surface area contributed by atoms with E-state index in [4.69, 9.17) is 21.1 Å². The third kappa shape index (κ3) is 4.55. The Morgan fingerprint density at radius 3 is 2.39 bits per heavy atom. The van der Waals surface area contributed by atoms with Crippen molar-refractivity contribution in [2.45, 2.75) is 13.5 Å². The van der Waals surface area contributed by atoms with E-state index in [1.807, 2.05) is 79.7 Å². The summed E-state index contributed by atoms with van der Waals surface area (Å²) in [5.74, 6) is 1.37. The van der Waals surface area contributed by atoms with Gasteiger partial charge in [-0.1, -0.05) is 78.3 Å². The zero-order valence-electron chi connectivity index (χ0n) is 18.0. The van der Waals surface area contributed by atoms with Crippen LogP contribution in [0.5, 0.6) is 11.5 Å². The average molecular weight is 453 g/mol. The predicted molar refractivity (Wildman–Crippen MR) is 132 cm³/mol. The van der Waals surface area contributed by atoms with Gasteiger partial charge in [-0.05, 0) is 59.0 Å². The van der Waals surface area contributed by atoms with E-state index >= 15 is 0 Å². The molecule has 0 radical (unpaired) electrons. The lowest BCUT2D eigenvalue weighted by Crippen LogP contribution is -2.00. The summed E-state index contributed by atoms with van der Waals surface area (Å²) in [4.78, 5) is 13.0. The number of carbonyl (C=O) groups excluding carboxylic acids is 1. The number of aryl methyl sites for hydroxylation is 1. The van der Waals surface area contributed by atoms with Crippen LogP contribution in [0.2, 0.25) is 5.02 Å². The number of fused-ring (bicyclic) bond motifs is 1. The van der Waals surface area contributed by atoms with Gasteiger partial charge in [-0.2, -0.15) is 0 Å². The summed E-state index contributed by atoms with van der Waals surface area (Å²) in [6.07, 6.45) is 1.78. The molecule has 1 aliphatic rings. The van der Waals surface area contributed by atoms with E-state index in [0.29, 0.717) is 34.5 Å². The highest BCUT2D eigenvalue weighted by Crippen LogP contribution is 2.38. The molecule has 0 spiro atoms. The van der Waals surface area contributed by atoms with Crippen molar-refractivity contribution in [3.05, 3.63) is 124 Å². The smallest absolute Gasteiger partial charge is 0.232 e. The minimum atomic E-state index is -0.115. The van der Waals surface area contributed by atoms with E-state index in [1.54, 1.807) is 12.1 Å². The molecule has 162 valence electrons. The molecule has 1 heterocycles. The van der Waals surface area contributed by atoms with Gasteiger partial charge >= 0.3 is 0 Å². The Balaban J connectivity index is 1.34. The SMILES string of the molecule is Cc1cc(OCc2cccc(Cl)c2)cc2c1C(=O)/C(=C/c1ccc(-c3ccccc3)cc1)O2. The Labute approximate surface area is 197 Å². The van der Waals surface area contributed by atoms with E-state index in [0.717, 1.165) is 27.8 Å². The van der Waals surface area contributed by atoms with Crippen molar-refractivity contribution in [2.24, 2.45) is 0 Å². The summed E-state index contributed by atoms with van der Waals surface area (Å²) in [6.45, 7) is 2.27. The van der Waals surface area contributed by atoms with Gasteiger partial charge in [0.2, 0.25) is 5.78 Å². The Kier molecular flexibility index (Phi) is 5.72. The number of halogens is 1. The summed E-state index contributed by atoms with van der Waals surface area (Å²) in [6, 6.07) is 29.4. The normalized spacial score (nSPS) is 13.6. The molecule has 0 fully saturated rings. The molecule has 0 amide bonds. The van der Waals surface area contributed by atoms with Crippen LogP contribution in [0.3, 0.4) is 0 Å². The molecule has 4 heteroatoms. The largest absolute Gasteiger partial charge is 0.489 e. The standard InChI is InChI=1S/C29H21ClO3/c1-19-14-25(32-18-21-6-5-9-24(30)15-21)17-26-28(19)29(31)27(33-26)16-20-10-12-23(13-11-20)22-7-3-2-4-8-22/h2-17H,18H2,1H3/b27-16-. The molecule has 0 N–H and O–H groups in total. The molecule has 0 saturated carbocycles. The first-order valence-corrected chi connectivity index (χ1v) is 11.1. The Morgan fingerprint density at radius 1 is 0.879 bits per heavy atom. The zero-order valence-corrected chi connectivity index (χ0v) is 18.8. The lowest BCUT2D eigenvalue weighted by Gasteiger charge is -2.09. The number of rotatable bonds is 5. The fraction of sp³-hybridized carbons (Fsp3) is 0.0690. The molecule has 4 aromatic carbocycles. The minimum absolute atomic E-state index is 0.115. The van der Waals surface area contributed by atoms with Crippen LogP contribution in [0.15, 0.2) is 96.8 Å². The summed E-state index contributed by atoms with van der Waals surface area (Å²) < 4.78 is 11.9. The molecule has 5 rings (SSSR count). The first-order valence-electron chi connectivity index (χ1n) is 10.7. The van der Waals surface area contributed by atoms with Crippen molar-refractivity contribution in [3.63, 3.8) is 0 Å². The van der Waals surface area contributed by atoms with Crippen molar-refractivity contribution < 1.29 is 14.3 Å². The van der Waals surface area contributed by atoms with Crippen molar-refractivity contribution >= 4 is 23.5 Å². The second-order valence-electron chi connectivity index (χ2n) is 7.96. The van der Waals surface area contributed by atoms with Crippen LogP contribution in [0.1, 0.15) is 27.0 Å². The summed E-state index contributed by atoms with van der Waals surface area (Å²) in [5.41, 5.74) is 5.55. The lowest BCUT2D eigenvalue weighted by molar-refractivity contribution is 0.101. The molecule has 0 unspecified atom stereocenters. The molecule has 1 aliphatic heterocycles. The highest BCUT2D eigenvalue weighted by atomic mass is 35.5. The number of hydrogen-bond donors (Lipinski definition) is 0. The van der Waals surface area contributed by atoms with Gasteiger partial charge in [-0.3, -0.25) is 4.79 Å². The van der Waals surface area contributed by atoms with Crippen LogP contribution >= 0.6 is 11.6 Å². The third-order valence-electron chi connectivity index (χ3n) is 5.55. The number of benzene rings is 4. The van der Waals surface area contributed by atoms with Crippen LogP contribution < -0.4 is 9.47 Å². The molecule has 0 saturated heterocycles. The van der Waals surface area contributed by atoms with Gasteiger partial charge in [0.05, 0.1) is 5.56 Å². The Morgan fingerprint density at radius 2 is 1.64 bits per heavy atom. The predicted octanol–water partition coefficient (Wildman–Crippen LogP) is 7.51. The van der Waals surface area contributed by atoms with Crippen LogP contribution in [0.25, 0.3) is 17.2 Å². The second-order valence-corrected chi connectivity index (χ2v) is 8.40. The number of ketones is 1. The number of carbonyl (C=O) groups is 1. The maximum absolute atomic E-state index is 13.0. The summed E-state index contributed by atoms with van der Waals surface area (Å²) in [5, 5.41) is 0.668. The molecule has 3 nitrogen and oxygen atoms in total. The van der Waals surface area contributed by atoms with Crippen LogP contribution in [0.4, 0.5) is 0 Å². The van der Waals surface area contributed by atoms with E-state index in [9.17, 15) is 4.79 Å². The van der Waals surface area contributed by atoms with Crippen LogP contribution in [0, 0.1) is 6.92 Å². The minimum Gasteiger partial charge on any atom is -0.489 e. The molecule has 0 bridgehead atoms. The highest BCUT2D eigenvalue weighted by molar-refractivity contribution is 6.30. The average Bonchev–Trinajstić information content (AvgIpc) is 3.14. The molecule has 0 aliphatic carbocycles. The van der Waals surface area contributed by atoms with E-state index in [2.05, 4.69) is 12.1 Å². The number of Topliss-reactive ketones (excluding diaryl/α,β-unsaturated/α-hetero) is 1. The molecular weight excluding hydrogens is 432 g/mol. The van der Waals surface area contributed by atoms with Gasteiger partial charge < -0.3 is 9.47 Å². The zero-order chi connectivity index (χ0) is 22.8. The van der Waals surface area contributed by atoms with Gasteiger partial charge in [-0.15, -0.1) is 0 Å².